The number of benzene rings is 1. The van der Waals surface area contributed by atoms with Gasteiger partial charge in [-0.15, -0.1) is 11.8 Å². The van der Waals surface area contributed by atoms with Gasteiger partial charge < -0.3 is 15.2 Å². The van der Waals surface area contributed by atoms with Gasteiger partial charge in [0.15, 0.2) is 0 Å². The van der Waals surface area contributed by atoms with Gasteiger partial charge in [0.2, 0.25) is 5.91 Å². The smallest absolute Gasteiger partial charge is 0.305 e. The van der Waals surface area contributed by atoms with E-state index in [9.17, 15) is 9.59 Å². The summed E-state index contributed by atoms with van der Waals surface area (Å²) >= 11 is 7.41. The first-order chi connectivity index (χ1) is 11.0. The van der Waals surface area contributed by atoms with E-state index in [4.69, 9.17) is 21.4 Å². The Morgan fingerprint density at radius 3 is 2.74 bits per heavy atom. The van der Waals surface area contributed by atoms with Crippen LogP contribution >= 0.6 is 23.4 Å². The van der Waals surface area contributed by atoms with Crippen LogP contribution in [0.4, 0.5) is 0 Å². The fourth-order valence-electron chi connectivity index (χ4n) is 2.62. The minimum atomic E-state index is -0.904. The number of thioether (sulfide) groups is 1. The van der Waals surface area contributed by atoms with Gasteiger partial charge in [-0.1, -0.05) is 23.7 Å². The number of amides is 1. The van der Waals surface area contributed by atoms with E-state index in [1.807, 2.05) is 24.3 Å². The Morgan fingerprint density at radius 2 is 2.09 bits per heavy atom. The molecule has 0 unspecified atom stereocenters. The molecule has 0 bridgehead atoms. The molecule has 0 saturated carbocycles. The molecule has 1 heterocycles. The first kappa shape index (κ1) is 18.1. The lowest BCUT2D eigenvalue weighted by Gasteiger charge is -2.36. The van der Waals surface area contributed by atoms with Gasteiger partial charge in [0.1, 0.15) is 0 Å². The predicted molar refractivity (Wildman–Crippen MR) is 90.8 cm³/mol. The van der Waals surface area contributed by atoms with Crippen molar-refractivity contribution >= 4 is 35.2 Å². The number of aliphatic carboxylic acids is 1. The molecular formula is C16H20ClNO4S. The molecule has 0 radical (unpaired) electrons. The maximum atomic E-state index is 12.2. The zero-order chi connectivity index (χ0) is 16.7. The Hall–Kier alpha value is -1.24. The number of halogens is 1. The highest BCUT2D eigenvalue weighted by molar-refractivity contribution is 7.99. The van der Waals surface area contributed by atoms with E-state index in [2.05, 4.69) is 5.32 Å². The van der Waals surface area contributed by atoms with Crippen LogP contribution in [0.5, 0.6) is 0 Å². The molecule has 0 spiro atoms. The summed E-state index contributed by atoms with van der Waals surface area (Å²) < 4.78 is 5.28. The van der Waals surface area contributed by atoms with Crippen molar-refractivity contribution in [2.24, 2.45) is 0 Å². The molecule has 1 amide bonds. The highest BCUT2D eigenvalue weighted by Gasteiger charge is 2.36. The lowest BCUT2D eigenvalue weighted by molar-refractivity contribution is -0.140. The van der Waals surface area contributed by atoms with Crippen LogP contribution in [0.15, 0.2) is 24.3 Å². The van der Waals surface area contributed by atoms with Crippen LogP contribution in [0.2, 0.25) is 5.02 Å². The molecule has 7 heteroatoms. The fourth-order valence-corrected chi connectivity index (χ4v) is 3.61. The highest BCUT2D eigenvalue weighted by Crippen LogP contribution is 2.25. The molecule has 0 aromatic heterocycles. The molecule has 126 valence electrons. The van der Waals surface area contributed by atoms with Crippen LogP contribution in [0.25, 0.3) is 0 Å². The van der Waals surface area contributed by atoms with E-state index in [1.54, 1.807) is 0 Å². The van der Waals surface area contributed by atoms with Crippen molar-refractivity contribution in [1.29, 1.82) is 0 Å². The van der Waals surface area contributed by atoms with Gasteiger partial charge in [0.05, 0.1) is 17.7 Å². The number of nitrogens with one attached hydrogen (secondary N) is 1. The molecule has 2 rings (SSSR count). The van der Waals surface area contributed by atoms with Crippen molar-refractivity contribution in [3.63, 3.8) is 0 Å². The molecule has 0 aliphatic carbocycles. The average molecular weight is 358 g/mol. The second kappa shape index (κ2) is 8.57. The number of carbonyl (C=O) groups excluding carboxylic acids is 1. The maximum absolute atomic E-state index is 12.2. The Morgan fingerprint density at radius 1 is 1.35 bits per heavy atom. The fraction of sp³-hybridized carbons (Fsp3) is 0.500. The van der Waals surface area contributed by atoms with Gasteiger partial charge in [-0.25, -0.2) is 0 Å². The molecule has 1 aliphatic heterocycles. The molecule has 1 fully saturated rings. The predicted octanol–water partition coefficient (Wildman–Crippen LogP) is 2.71. The SMILES string of the molecule is O=C(O)CC1(NC(=O)CSCc2cccc(Cl)c2)CCOCC1. The lowest BCUT2D eigenvalue weighted by Crippen LogP contribution is -2.53. The third kappa shape index (κ3) is 6.05. The van der Waals surface area contributed by atoms with Crippen molar-refractivity contribution < 1.29 is 19.4 Å². The van der Waals surface area contributed by atoms with Gasteiger partial charge in [-0.3, -0.25) is 9.59 Å². The summed E-state index contributed by atoms with van der Waals surface area (Å²) in [6, 6.07) is 7.52. The van der Waals surface area contributed by atoms with Crippen molar-refractivity contribution in [3.8, 4) is 0 Å². The molecule has 1 aliphatic rings. The van der Waals surface area contributed by atoms with Crippen LogP contribution in [-0.2, 0) is 20.1 Å². The van der Waals surface area contributed by atoms with Crippen molar-refractivity contribution in [2.45, 2.75) is 30.6 Å². The van der Waals surface area contributed by atoms with E-state index in [1.165, 1.54) is 11.8 Å². The van der Waals surface area contributed by atoms with Gasteiger partial charge in [-0.2, -0.15) is 0 Å². The summed E-state index contributed by atoms with van der Waals surface area (Å²) in [5, 5.41) is 12.7. The summed E-state index contributed by atoms with van der Waals surface area (Å²) in [5.41, 5.74) is 0.374. The quantitative estimate of drug-likeness (QED) is 0.784. The third-order valence-corrected chi connectivity index (χ3v) is 4.97. The van der Waals surface area contributed by atoms with E-state index in [0.29, 0.717) is 36.8 Å². The minimum Gasteiger partial charge on any atom is -0.481 e. The van der Waals surface area contributed by atoms with Gasteiger partial charge in [-0.05, 0) is 30.5 Å². The molecule has 5 nitrogen and oxygen atoms in total. The Bertz CT molecular complexity index is 561. The Kier molecular flexibility index (Phi) is 6.74. The summed E-state index contributed by atoms with van der Waals surface area (Å²) in [6.07, 6.45) is 0.995. The zero-order valence-electron chi connectivity index (χ0n) is 12.7. The molecule has 23 heavy (non-hydrogen) atoms. The van der Waals surface area contributed by atoms with Crippen molar-refractivity contribution in [3.05, 3.63) is 34.9 Å². The van der Waals surface area contributed by atoms with E-state index in [-0.39, 0.29) is 18.1 Å². The normalized spacial score (nSPS) is 16.7. The average Bonchev–Trinajstić information content (AvgIpc) is 2.47. The number of ether oxygens (including phenoxy) is 1. The summed E-state index contributed by atoms with van der Waals surface area (Å²) in [4.78, 5) is 23.2. The van der Waals surface area contributed by atoms with Crippen LogP contribution < -0.4 is 5.32 Å². The monoisotopic (exact) mass is 357 g/mol. The summed E-state index contributed by atoms with van der Waals surface area (Å²) in [6.45, 7) is 0.951. The molecule has 1 aromatic carbocycles. The largest absolute Gasteiger partial charge is 0.481 e. The Balaban J connectivity index is 1.83. The second-order valence-corrected chi connectivity index (χ2v) is 7.06. The standard InChI is InChI=1S/C16H20ClNO4S/c17-13-3-1-2-12(8-13)10-23-11-14(19)18-16(9-15(20)21)4-6-22-7-5-16/h1-3,8H,4-7,9-11H2,(H,18,19)(H,20,21). The Labute approximate surface area is 144 Å². The number of carbonyl (C=O) groups is 2. The molecule has 1 aromatic rings. The van der Waals surface area contributed by atoms with Gasteiger partial charge >= 0.3 is 5.97 Å². The first-order valence-electron chi connectivity index (χ1n) is 7.42. The lowest BCUT2D eigenvalue weighted by atomic mass is 9.86. The number of hydrogen-bond acceptors (Lipinski definition) is 4. The molecule has 0 atom stereocenters. The van der Waals surface area contributed by atoms with Crippen LogP contribution in [0.1, 0.15) is 24.8 Å². The van der Waals surface area contributed by atoms with Crippen LogP contribution in [0.3, 0.4) is 0 Å². The second-order valence-electron chi connectivity index (χ2n) is 5.63. The third-order valence-electron chi connectivity index (χ3n) is 3.74. The molecule has 1 saturated heterocycles. The van der Waals surface area contributed by atoms with E-state index < -0.39 is 11.5 Å². The number of rotatable bonds is 7. The first-order valence-corrected chi connectivity index (χ1v) is 8.95. The van der Waals surface area contributed by atoms with E-state index >= 15 is 0 Å². The zero-order valence-corrected chi connectivity index (χ0v) is 14.3. The topological polar surface area (TPSA) is 75.6 Å². The number of hydrogen-bond donors (Lipinski definition) is 2. The van der Waals surface area contributed by atoms with Crippen LogP contribution in [-0.4, -0.2) is 41.5 Å². The highest BCUT2D eigenvalue weighted by atomic mass is 35.5. The minimum absolute atomic E-state index is 0.0684. The number of carboxylic acids is 1. The van der Waals surface area contributed by atoms with Gasteiger partial charge in [0.25, 0.3) is 0 Å². The van der Waals surface area contributed by atoms with Gasteiger partial charge in [0, 0.05) is 24.0 Å². The maximum Gasteiger partial charge on any atom is 0.305 e. The van der Waals surface area contributed by atoms with Crippen LogP contribution in [0, 0.1) is 0 Å². The van der Waals surface area contributed by atoms with E-state index in [0.717, 1.165) is 5.56 Å². The molecule has 2 N–H and O–H groups in total. The number of carboxylic acid groups (broad SMARTS) is 1. The summed E-state index contributed by atoms with van der Waals surface area (Å²) in [5.74, 6) is -0.0726. The van der Waals surface area contributed by atoms with Crippen molar-refractivity contribution in [2.75, 3.05) is 19.0 Å². The van der Waals surface area contributed by atoms with Crippen molar-refractivity contribution in [1.82, 2.24) is 5.32 Å². The molecular weight excluding hydrogens is 338 g/mol. The summed E-state index contributed by atoms with van der Waals surface area (Å²) in [7, 11) is 0.